The van der Waals surface area contributed by atoms with Crippen LogP contribution in [-0.2, 0) is 21.9 Å². The lowest BCUT2D eigenvalue weighted by Crippen LogP contribution is -2.49. The average Bonchev–Trinajstić information content (AvgIpc) is 3.14. The molecule has 2 aliphatic carbocycles. The van der Waals surface area contributed by atoms with Gasteiger partial charge in [-0.25, -0.2) is 13.1 Å². The SMILES string of the molecule is C=CCCC(C)S(=O)(=O)NC(=O)c1ccc2c(c1)N(C[C@@H]1CC[C@H]1C(O)/C=C/CCC)C[C@@]1(CCCc3cc(Cl)ccc31)CO2. The number of fused-ring (bicyclic) bond motifs is 3. The summed E-state index contributed by atoms with van der Waals surface area (Å²) in [4.78, 5) is 15.7. The van der Waals surface area contributed by atoms with E-state index in [2.05, 4.69) is 41.3 Å². The van der Waals surface area contributed by atoms with E-state index in [1.165, 1.54) is 11.1 Å². The van der Waals surface area contributed by atoms with Gasteiger partial charge in [0.25, 0.3) is 5.91 Å². The highest BCUT2D eigenvalue weighted by molar-refractivity contribution is 7.90. The molecule has 1 amide bonds. The Morgan fingerprint density at radius 3 is 2.80 bits per heavy atom. The van der Waals surface area contributed by atoms with Crippen molar-refractivity contribution in [1.29, 1.82) is 0 Å². The zero-order chi connectivity index (χ0) is 32.2. The number of nitrogens with zero attached hydrogens (tertiary/aromatic N) is 1. The molecule has 0 bridgehead atoms. The van der Waals surface area contributed by atoms with Crippen molar-refractivity contribution < 1.29 is 23.1 Å². The first kappa shape index (κ1) is 33.6. The number of carbonyl (C=O) groups excluding carboxylic acids is 1. The Morgan fingerprint density at radius 2 is 2.07 bits per heavy atom. The molecule has 1 fully saturated rings. The van der Waals surface area contributed by atoms with Crippen molar-refractivity contribution in [3.63, 3.8) is 0 Å². The summed E-state index contributed by atoms with van der Waals surface area (Å²) >= 11 is 6.41. The first-order valence-corrected chi connectivity index (χ1v) is 18.3. The van der Waals surface area contributed by atoms with Gasteiger partial charge in [-0.15, -0.1) is 6.58 Å². The minimum Gasteiger partial charge on any atom is -0.490 e. The van der Waals surface area contributed by atoms with E-state index in [4.69, 9.17) is 16.3 Å². The van der Waals surface area contributed by atoms with Gasteiger partial charge in [-0.1, -0.05) is 49.2 Å². The molecule has 1 spiro atoms. The van der Waals surface area contributed by atoms with E-state index in [9.17, 15) is 18.3 Å². The van der Waals surface area contributed by atoms with Gasteiger partial charge in [0.15, 0.2) is 0 Å². The van der Waals surface area contributed by atoms with Crippen molar-refractivity contribution in [3.05, 3.63) is 82.9 Å². The Bertz CT molecular complexity index is 1530. The largest absolute Gasteiger partial charge is 0.490 e. The molecule has 1 saturated carbocycles. The molecular weight excluding hydrogens is 608 g/mol. The normalized spacial score (nSPS) is 24.1. The van der Waals surface area contributed by atoms with Gasteiger partial charge in [0.05, 0.1) is 23.6 Å². The highest BCUT2D eigenvalue weighted by atomic mass is 35.5. The van der Waals surface area contributed by atoms with E-state index in [1.807, 2.05) is 12.1 Å². The Hall–Kier alpha value is -2.81. The number of benzene rings is 2. The number of aryl methyl sites for hydroxylation is 1. The molecule has 45 heavy (non-hydrogen) atoms. The third-order valence-electron chi connectivity index (χ3n) is 10.00. The number of carbonyl (C=O) groups is 1. The summed E-state index contributed by atoms with van der Waals surface area (Å²) in [7, 11) is -3.86. The summed E-state index contributed by atoms with van der Waals surface area (Å²) in [6.45, 7) is 9.26. The number of sulfonamides is 1. The van der Waals surface area contributed by atoms with Gasteiger partial charge >= 0.3 is 0 Å². The van der Waals surface area contributed by atoms with Crippen LogP contribution in [0.2, 0.25) is 5.02 Å². The second kappa shape index (κ2) is 14.3. The predicted molar refractivity (Wildman–Crippen MR) is 182 cm³/mol. The maximum absolute atomic E-state index is 13.3. The van der Waals surface area contributed by atoms with E-state index in [-0.39, 0.29) is 22.8 Å². The van der Waals surface area contributed by atoms with Gasteiger partial charge in [0.2, 0.25) is 10.0 Å². The van der Waals surface area contributed by atoms with Crippen LogP contribution in [0, 0.1) is 11.8 Å². The van der Waals surface area contributed by atoms with Gasteiger partial charge in [0.1, 0.15) is 5.75 Å². The molecule has 2 aromatic carbocycles. The van der Waals surface area contributed by atoms with Crippen molar-refractivity contribution in [3.8, 4) is 5.75 Å². The van der Waals surface area contributed by atoms with E-state index in [0.29, 0.717) is 38.3 Å². The lowest BCUT2D eigenvalue weighted by molar-refractivity contribution is 0.0456. The van der Waals surface area contributed by atoms with Crippen LogP contribution < -0.4 is 14.4 Å². The summed E-state index contributed by atoms with van der Waals surface area (Å²) in [6, 6.07) is 11.4. The van der Waals surface area contributed by atoms with Crippen LogP contribution in [-0.4, -0.2) is 50.5 Å². The van der Waals surface area contributed by atoms with Crippen LogP contribution in [0.3, 0.4) is 0 Å². The van der Waals surface area contributed by atoms with Gasteiger partial charge in [0, 0.05) is 29.1 Å². The van der Waals surface area contributed by atoms with E-state index >= 15 is 0 Å². The molecule has 5 rings (SSSR count). The number of amides is 1. The molecule has 2 aromatic rings. The summed E-state index contributed by atoms with van der Waals surface area (Å²) in [5.41, 5.74) is 3.27. The number of anilines is 1. The predicted octanol–water partition coefficient (Wildman–Crippen LogP) is 6.97. The third kappa shape index (κ3) is 7.44. The zero-order valence-corrected chi connectivity index (χ0v) is 28.1. The number of ether oxygens (including phenoxy) is 1. The number of aliphatic hydroxyl groups is 1. The fourth-order valence-corrected chi connectivity index (χ4v) is 8.37. The van der Waals surface area contributed by atoms with Crippen LogP contribution in [0.4, 0.5) is 5.69 Å². The van der Waals surface area contributed by atoms with Crippen molar-refractivity contribution in [2.75, 3.05) is 24.6 Å². The van der Waals surface area contributed by atoms with Gasteiger partial charge < -0.3 is 14.7 Å². The molecule has 0 aromatic heterocycles. The van der Waals surface area contributed by atoms with Crippen molar-refractivity contribution >= 4 is 33.2 Å². The van der Waals surface area contributed by atoms with Gasteiger partial charge in [-0.3, -0.25) is 4.79 Å². The number of rotatable bonds is 12. The van der Waals surface area contributed by atoms with Crippen molar-refractivity contribution in [2.24, 2.45) is 11.8 Å². The van der Waals surface area contributed by atoms with Crippen LogP contribution in [0.15, 0.2) is 61.2 Å². The van der Waals surface area contributed by atoms with E-state index in [0.717, 1.165) is 55.7 Å². The topological polar surface area (TPSA) is 95.9 Å². The molecular formula is C36H47ClN2O5S. The fourth-order valence-electron chi connectivity index (χ4n) is 7.15. The average molecular weight is 655 g/mol. The standard InChI is InChI=1S/C36H47ClN2O5S/c1-4-6-8-12-33(40)30-16-13-28(30)22-39-23-36(19-9-11-26-20-29(37)15-17-31(26)36)24-44-34-18-14-27(21-32(34)39)35(41)38-45(42,43)25(3)10-7-5-2/h5,8,12,14-15,17-18,20-21,25,28,30,33,40H,2,4,6-7,9-11,13,16,19,22-24H2,1,3H3,(H,38,41)/b12-8+/t25?,28-,30+,33?,36-/m0/s1. The summed E-state index contributed by atoms with van der Waals surface area (Å²) in [5.74, 6) is 0.447. The van der Waals surface area contributed by atoms with Crippen LogP contribution in [0.25, 0.3) is 0 Å². The number of unbranched alkanes of at least 4 members (excludes halogenated alkanes) is 1. The second-order valence-electron chi connectivity index (χ2n) is 13.1. The van der Waals surface area contributed by atoms with Crippen LogP contribution in [0.5, 0.6) is 5.75 Å². The fraction of sp³-hybridized carbons (Fsp3) is 0.528. The Kier molecular flexibility index (Phi) is 10.7. The van der Waals surface area contributed by atoms with Gasteiger partial charge in [-0.2, -0.15) is 0 Å². The monoisotopic (exact) mass is 654 g/mol. The third-order valence-corrected chi connectivity index (χ3v) is 12.0. The number of hydrogen-bond donors (Lipinski definition) is 2. The minimum atomic E-state index is -3.86. The molecule has 0 radical (unpaired) electrons. The smallest absolute Gasteiger partial charge is 0.264 e. The maximum Gasteiger partial charge on any atom is 0.264 e. The summed E-state index contributed by atoms with van der Waals surface area (Å²) in [5, 5.41) is 11.0. The maximum atomic E-state index is 13.3. The number of hydrogen-bond acceptors (Lipinski definition) is 6. The molecule has 5 atom stereocenters. The number of allylic oxidation sites excluding steroid dienone is 2. The number of nitrogens with one attached hydrogen (secondary N) is 1. The Morgan fingerprint density at radius 1 is 1.24 bits per heavy atom. The highest BCUT2D eigenvalue weighted by Crippen LogP contribution is 2.46. The summed E-state index contributed by atoms with van der Waals surface area (Å²) in [6.07, 6.45) is 13.0. The molecule has 9 heteroatoms. The molecule has 7 nitrogen and oxygen atoms in total. The lowest BCUT2D eigenvalue weighted by atomic mass is 9.68. The first-order chi connectivity index (χ1) is 21.6. The van der Waals surface area contributed by atoms with Crippen LogP contribution >= 0.6 is 11.6 Å². The quantitative estimate of drug-likeness (QED) is 0.240. The first-order valence-electron chi connectivity index (χ1n) is 16.4. The number of aliphatic hydroxyl groups excluding tert-OH is 1. The Labute approximate surface area is 273 Å². The molecule has 3 aliphatic rings. The Balaban J connectivity index is 1.47. The van der Waals surface area contributed by atoms with E-state index in [1.54, 1.807) is 31.2 Å². The van der Waals surface area contributed by atoms with E-state index < -0.39 is 27.3 Å². The molecule has 1 heterocycles. The van der Waals surface area contributed by atoms with Crippen molar-refractivity contribution in [2.45, 2.75) is 88.4 Å². The lowest BCUT2D eigenvalue weighted by Gasteiger charge is -2.45. The molecule has 2 unspecified atom stereocenters. The highest BCUT2D eigenvalue weighted by Gasteiger charge is 2.44. The molecule has 0 saturated heterocycles. The second-order valence-corrected chi connectivity index (χ2v) is 15.7. The number of halogens is 1. The van der Waals surface area contributed by atoms with Crippen LogP contribution in [0.1, 0.15) is 86.7 Å². The molecule has 1 aliphatic heterocycles. The molecule has 2 N–H and O–H groups in total. The minimum absolute atomic E-state index is 0.160. The zero-order valence-electron chi connectivity index (χ0n) is 26.5. The summed E-state index contributed by atoms with van der Waals surface area (Å²) < 4.78 is 34.7. The molecule has 244 valence electrons. The van der Waals surface area contributed by atoms with Gasteiger partial charge in [-0.05, 0) is 112 Å². The van der Waals surface area contributed by atoms with Crippen molar-refractivity contribution in [1.82, 2.24) is 4.72 Å².